The maximum Gasteiger partial charge on any atom is 0.304 e. The van der Waals surface area contributed by atoms with E-state index < -0.39 is 14.9 Å². The van der Waals surface area contributed by atoms with E-state index in [2.05, 4.69) is 4.72 Å². The van der Waals surface area contributed by atoms with Crippen molar-refractivity contribution in [3.63, 3.8) is 0 Å². The predicted octanol–water partition coefficient (Wildman–Crippen LogP) is 1.66. The normalized spacial score (nSPS) is 13.4. The van der Waals surface area contributed by atoms with Crippen molar-refractivity contribution >= 4 is 43.8 Å². The van der Waals surface area contributed by atoms with Gasteiger partial charge in [-0.05, 0) is 12.7 Å². The number of hydrogen-bond acceptors (Lipinski definition) is 7. The van der Waals surface area contributed by atoms with Crippen molar-refractivity contribution in [2.24, 2.45) is 0 Å². The molecule has 1 unspecified atom stereocenters. The molecule has 0 bridgehead atoms. The number of hydrogen-bond donors (Lipinski definition) is 2. The smallest absolute Gasteiger partial charge is 0.304 e. The molecule has 19 heavy (non-hydrogen) atoms. The first kappa shape index (κ1) is 16.2. The molecule has 0 saturated carbocycles. The van der Waals surface area contributed by atoms with Crippen molar-refractivity contribution in [1.29, 1.82) is 0 Å². The highest BCUT2D eigenvalue weighted by Gasteiger charge is 2.24. The topological polar surface area (TPSA) is 115 Å². The van der Waals surface area contributed by atoms with Gasteiger partial charge >= 0.3 is 5.69 Å². The maximum atomic E-state index is 11.9. The second-order valence-corrected chi connectivity index (χ2v) is 8.16. The van der Waals surface area contributed by atoms with Crippen LogP contribution < -0.4 is 10.5 Å². The fourth-order valence-corrected chi connectivity index (χ4v) is 3.89. The Morgan fingerprint density at radius 2 is 2.26 bits per heavy atom. The van der Waals surface area contributed by atoms with Crippen LogP contribution in [0.25, 0.3) is 0 Å². The number of nitrogen functional groups attached to an aromatic ring is 1. The second-order valence-electron chi connectivity index (χ2n) is 3.80. The maximum absolute atomic E-state index is 11.9. The monoisotopic (exact) mass is 325 g/mol. The fraction of sp³-hybridized carbons (Fsp3) is 0.556. The molecular weight excluding hydrogens is 310 g/mol. The van der Waals surface area contributed by atoms with E-state index in [1.807, 2.05) is 13.2 Å². The molecule has 0 aliphatic carbocycles. The van der Waals surface area contributed by atoms with Crippen molar-refractivity contribution in [1.82, 2.24) is 4.72 Å². The van der Waals surface area contributed by atoms with Crippen LogP contribution in [-0.4, -0.2) is 31.4 Å². The van der Waals surface area contributed by atoms with Gasteiger partial charge in [-0.2, -0.15) is 11.8 Å². The third kappa shape index (κ3) is 4.34. The van der Waals surface area contributed by atoms with Crippen LogP contribution in [0.15, 0.2) is 10.3 Å². The number of nitrogens with one attached hydrogen (secondary N) is 1. The highest BCUT2D eigenvalue weighted by atomic mass is 32.2. The molecule has 0 saturated heterocycles. The molecule has 0 fully saturated rings. The summed E-state index contributed by atoms with van der Waals surface area (Å²) < 4.78 is 26.1. The van der Waals surface area contributed by atoms with Crippen molar-refractivity contribution in [2.75, 3.05) is 18.5 Å². The van der Waals surface area contributed by atoms with E-state index in [-0.39, 0.29) is 21.4 Å². The molecule has 10 heteroatoms. The lowest BCUT2D eigenvalue weighted by molar-refractivity contribution is -0.383. The van der Waals surface area contributed by atoms with Crippen LogP contribution in [0.5, 0.6) is 0 Å². The molecule has 0 aromatic carbocycles. The third-order valence-electron chi connectivity index (χ3n) is 2.42. The highest BCUT2D eigenvalue weighted by molar-refractivity contribution is 7.99. The van der Waals surface area contributed by atoms with E-state index in [0.717, 1.165) is 6.07 Å². The van der Waals surface area contributed by atoms with Crippen LogP contribution in [0.3, 0.4) is 0 Å². The van der Waals surface area contributed by atoms with Crippen molar-refractivity contribution in [2.45, 2.75) is 22.8 Å². The summed E-state index contributed by atoms with van der Waals surface area (Å²) in [5.41, 5.74) is 5.05. The zero-order valence-corrected chi connectivity index (χ0v) is 12.9. The number of anilines is 1. The van der Waals surface area contributed by atoms with E-state index in [1.165, 1.54) is 0 Å². The molecule has 3 N–H and O–H groups in total. The molecule has 0 amide bonds. The van der Waals surface area contributed by atoms with Crippen LogP contribution in [0.2, 0.25) is 0 Å². The van der Waals surface area contributed by atoms with Crippen molar-refractivity contribution < 1.29 is 13.3 Å². The van der Waals surface area contributed by atoms with E-state index in [1.54, 1.807) is 11.8 Å². The molecule has 0 radical (unpaired) electrons. The first-order chi connectivity index (χ1) is 8.77. The molecule has 1 rings (SSSR count). The number of thiophene rings is 1. The van der Waals surface area contributed by atoms with Gasteiger partial charge in [-0.3, -0.25) is 10.1 Å². The van der Waals surface area contributed by atoms with Crippen LogP contribution >= 0.6 is 23.1 Å². The van der Waals surface area contributed by atoms with Gasteiger partial charge in [-0.1, -0.05) is 18.3 Å². The number of rotatable bonds is 7. The summed E-state index contributed by atoms with van der Waals surface area (Å²) in [4.78, 5) is 9.92. The Hall–Kier alpha value is -0.840. The quantitative estimate of drug-likeness (QED) is 0.582. The zero-order chi connectivity index (χ0) is 14.6. The van der Waals surface area contributed by atoms with E-state index in [0.29, 0.717) is 23.0 Å². The molecule has 108 valence electrons. The average Bonchev–Trinajstić information content (AvgIpc) is 2.71. The van der Waals surface area contributed by atoms with Crippen LogP contribution in [0.1, 0.15) is 13.3 Å². The minimum Gasteiger partial charge on any atom is -0.385 e. The van der Waals surface area contributed by atoms with Gasteiger partial charge in [0.15, 0.2) is 5.00 Å². The van der Waals surface area contributed by atoms with Gasteiger partial charge in [0, 0.05) is 17.9 Å². The standard InChI is InChI=1S/C9H15N3O4S3/c1-6(17-2)3-4-11-19(15,16)8-5-7(12(13)14)9(10)18-8/h5-6,11H,3-4,10H2,1-2H3. The summed E-state index contributed by atoms with van der Waals surface area (Å²) in [6, 6.07) is 0.986. The SMILES string of the molecule is CSC(C)CCNS(=O)(=O)c1cc([N+](=O)[O-])c(N)s1. The summed E-state index contributed by atoms with van der Waals surface area (Å²) in [7, 11) is -3.72. The molecule has 1 heterocycles. The van der Waals surface area contributed by atoms with Crippen LogP contribution in [0, 0.1) is 10.1 Å². The first-order valence-corrected chi connectivity index (χ1v) is 8.93. The number of nitrogens with two attached hydrogens (primary N) is 1. The number of thioether (sulfide) groups is 1. The Balaban J connectivity index is 2.78. The lowest BCUT2D eigenvalue weighted by atomic mass is 10.3. The van der Waals surface area contributed by atoms with Crippen molar-refractivity contribution in [3.05, 3.63) is 16.2 Å². The molecule has 7 nitrogen and oxygen atoms in total. The summed E-state index contributed by atoms with van der Waals surface area (Å²) in [5.74, 6) is 0. The molecule has 1 aromatic heterocycles. The number of nitro groups is 1. The fourth-order valence-electron chi connectivity index (χ4n) is 1.23. The van der Waals surface area contributed by atoms with Gasteiger partial charge in [0.1, 0.15) is 4.21 Å². The van der Waals surface area contributed by atoms with Gasteiger partial charge < -0.3 is 5.73 Å². The summed E-state index contributed by atoms with van der Waals surface area (Å²) in [5, 5.41) is 10.8. The van der Waals surface area contributed by atoms with Gasteiger partial charge in [-0.15, -0.1) is 0 Å². The average molecular weight is 325 g/mol. The Morgan fingerprint density at radius 1 is 1.63 bits per heavy atom. The number of sulfonamides is 1. The van der Waals surface area contributed by atoms with E-state index >= 15 is 0 Å². The summed E-state index contributed by atoms with van der Waals surface area (Å²) >= 11 is 2.33. The van der Waals surface area contributed by atoms with Crippen LogP contribution in [-0.2, 0) is 10.0 Å². The molecule has 0 aliphatic rings. The van der Waals surface area contributed by atoms with E-state index in [4.69, 9.17) is 5.73 Å². The largest absolute Gasteiger partial charge is 0.385 e. The first-order valence-electron chi connectivity index (χ1n) is 5.34. The molecule has 1 aromatic rings. The van der Waals surface area contributed by atoms with Crippen molar-refractivity contribution in [3.8, 4) is 0 Å². The van der Waals surface area contributed by atoms with E-state index in [9.17, 15) is 18.5 Å². The summed E-state index contributed by atoms with van der Waals surface area (Å²) in [6.45, 7) is 2.28. The molecule has 0 aliphatic heterocycles. The molecule has 0 spiro atoms. The zero-order valence-electron chi connectivity index (χ0n) is 10.5. The lowest BCUT2D eigenvalue weighted by Crippen LogP contribution is -2.25. The Kier molecular flexibility index (Phi) is 5.59. The summed E-state index contributed by atoms with van der Waals surface area (Å²) in [6.07, 6.45) is 2.63. The second kappa shape index (κ2) is 6.55. The minimum absolute atomic E-state index is 0.108. The predicted molar refractivity (Wildman–Crippen MR) is 78.2 cm³/mol. The van der Waals surface area contributed by atoms with Crippen LogP contribution in [0.4, 0.5) is 10.7 Å². The molecule has 1 atom stereocenters. The minimum atomic E-state index is -3.72. The Morgan fingerprint density at radius 3 is 2.74 bits per heavy atom. The molecular formula is C9H15N3O4S3. The highest BCUT2D eigenvalue weighted by Crippen LogP contribution is 2.34. The Labute approximate surface area is 119 Å². The Bertz CT molecular complexity index is 555. The van der Waals surface area contributed by atoms with Gasteiger partial charge in [0.2, 0.25) is 10.0 Å². The van der Waals surface area contributed by atoms with Gasteiger partial charge in [0.05, 0.1) is 4.92 Å². The third-order valence-corrected chi connectivity index (χ3v) is 6.35. The number of nitrogens with zero attached hydrogens (tertiary/aromatic N) is 1. The van der Waals surface area contributed by atoms with Gasteiger partial charge in [-0.25, -0.2) is 13.1 Å². The lowest BCUT2D eigenvalue weighted by Gasteiger charge is -2.08. The van der Waals surface area contributed by atoms with Gasteiger partial charge in [0.25, 0.3) is 0 Å².